The third-order valence-corrected chi connectivity index (χ3v) is 1.48. The molecule has 0 aliphatic heterocycles. The van der Waals surface area contributed by atoms with Crippen LogP contribution in [-0.2, 0) is 14.4 Å². The summed E-state index contributed by atoms with van der Waals surface area (Å²) in [7, 11) is 0. The van der Waals surface area contributed by atoms with E-state index in [9.17, 15) is 24.6 Å². The van der Waals surface area contributed by atoms with Gasteiger partial charge in [-0.05, 0) is 0 Å². The van der Waals surface area contributed by atoms with Crippen LogP contribution in [0.5, 0.6) is 0 Å². The van der Waals surface area contributed by atoms with Crippen molar-refractivity contribution >= 4 is 17.8 Å². The summed E-state index contributed by atoms with van der Waals surface area (Å²) in [6.45, 7) is -0.577. The second-order valence-corrected chi connectivity index (χ2v) is 2.70. The lowest BCUT2D eigenvalue weighted by Gasteiger charge is -2.09. The van der Waals surface area contributed by atoms with Gasteiger partial charge in [0.2, 0.25) is 5.91 Å². The Morgan fingerprint density at radius 3 is 2.29 bits per heavy atom. The van der Waals surface area contributed by atoms with E-state index < -0.39 is 30.4 Å². The molecule has 1 atom stereocenters. The molecule has 0 spiro atoms. The Balaban J connectivity index is 3.64. The molecule has 0 saturated carbocycles. The zero-order valence-corrected chi connectivity index (χ0v) is 7.45. The topological polar surface area (TPSA) is 137 Å². The molecule has 14 heavy (non-hydrogen) atoms. The van der Waals surface area contributed by atoms with Gasteiger partial charge in [-0.15, -0.1) is 0 Å². The number of carbonyl (C=O) groups is 3. The number of quaternary nitrogens is 1. The van der Waals surface area contributed by atoms with Crippen LogP contribution in [0.4, 0.5) is 0 Å². The highest BCUT2D eigenvalue weighted by molar-refractivity contribution is 5.81. The van der Waals surface area contributed by atoms with Gasteiger partial charge in [-0.3, -0.25) is 4.79 Å². The summed E-state index contributed by atoms with van der Waals surface area (Å²) in [6.07, 6.45) is -0.0867. The predicted octanol–water partition coefficient (Wildman–Crippen LogP) is -5.01. The molecule has 0 aromatic carbocycles. The lowest BCUT2D eigenvalue weighted by Crippen LogP contribution is -2.68. The van der Waals surface area contributed by atoms with Crippen molar-refractivity contribution in [3.8, 4) is 0 Å². The van der Waals surface area contributed by atoms with Crippen LogP contribution in [0.3, 0.4) is 0 Å². The molecular weight excluding hydrogens is 192 g/mol. The molecule has 0 aliphatic rings. The normalized spacial score (nSPS) is 11.8. The summed E-state index contributed by atoms with van der Waals surface area (Å²) >= 11 is 0. The van der Waals surface area contributed by atoms with E-state index in [4.69, 9.17) is 0 Å². The van der Waals surface area contributed by atoms with Crippen molar-refractivity contribution in [3.05, 3.63) is 0 Å². The maximum atomic E-state index is 10.8. The molecule has 0 heterocycles. The Morgan fingerprint density at radius 2 is 1.86 bits per heavy atom. The van der Waals surface area contributed by atoms with Gasteiger partial charge in [0.05, 0.1) is 18.5 Å². The van der Waals surface area contributed by atoms with Crippen molar-refractivity contribution in [1.82, 2.24) is 5.32 Å². The molecule has 0 rings (SSSR count). The second kappa shape index (κ2) is 5.92. The highest BCUT2D eigenvalue weighted by Gasteiger charge is 2.09. The van der Waals surface area contributed by atoms with Gasteiger partial charge in [0.1, 0.15) is 6.04 Å². The summed E-state index contributed by atoms with van der Waals surface area (Å²) in [6, 6.07) is -0.969. The third kappa shape index (κ3) is 5.95. The monoisotopic (exact) mass is 203 g/mol. The molecule has 0 bridgehead atoms. The number of aliphatic carboxylic acids is 2. The molecule has 0 fully saturated rings. The molecule has 0 aliphatic carbocycles. The first-order valence-corrected chi connectivity index (χ1v) is 3.94. The van der Waals surface area contributed by atoms with Gasteiger partial charge in [-0.1, -0.05) is 0 Å². The largest absolute Gasteiger partial charge is 0.548 e. The second-order valence-electron chi connectivity index (χ2n) is 2.70. The predicted molar refractivity (Wildman–Crippen MR) is 38.9 cm³/mol. The number of carboxylic acids is 2. The fourth-order valence-electron chi connectivity index (χ4n) is 0.682. The van der Waals surface area contributed by atoms with Gasteiger partial charge in [0.15, 0.2) is 0 Å². The molecule has 0 aromatic heterocycles. The van der Waals surface area contributed by atoms with Crippen molar-refractivity contribution in [1.29, 1.82) is 0 Å². The lowest BCUT2D eigenvalue weighted by atomic mass is 10.1. The fraction of sp³-hybridized carbons (Fsp3) is 0.571. The van der Waals surface area contributed by atoms with Gasteiger partial charge in [0.25, 0.3) is 0 Å². The zero-order valence-electron chi connectivity index (χ0n) is 7.45. The summed E-state index contributed by atoms with van der Waals surface area (Å²) in [4.78, 5) is 30.9. The Labute approximate surface area is 79.9 Å². The molecule has 0 aromatic rings. The van der Waals surface area contributed by atoms with Gasteiger partial charge in [-0.25, -0.2) is 0 Å². The van der Waals surface area contributed by atoms with Crippen LogP contribution in [-0.4, -0.2) is 30.4 Å². The van der Waals surface area contributed by atoms with Crippen LogP contribution in [0.2, 0.25) is 0 Å². The van der Waals surface area contributed by atoms with E-state index in [2.05, 4.69) is 5.73 Å². The number of rotatable bonds is 6. The number of amides is 1. The van der Waals surface area contributed by atoms with E-state index in [1.54, 1.807) is 0 Å². The Morgan fingerprint density at radius 1 is 1.29 bits per heavy atom. The molecule has 4 N–H and O–H groups in total. The number of carbonyl (C=O) groups excluding carboxylic acids is 3. The fourth-order valence-corrected chi connectivity index (χ4v) is 0.682. The minimum Gasteiger partial charge on any atom is -0.548 e. The summed E-state index contributed by atoms with van der Waals surface area (Å²) in [5, 5.41) is 22.1. The molecule has 0 unspecified atom stereocenters. The highest BCUT2D eigenvalue weighted by Crippen LogP contribution is 1.91. The first-order chi connectivity index (χ1) is 6.43. The standard InChI is InChI=1S/C7H12N2O5/c8-4(7(13)14)1-2-5(10)9-3-6(11)12/h4H,1-3,8H2,(H,9,10)(H,11,12)(H,13,14)/p-1/t4-/m0/s1. The quantitative estimate of drug-likeness (QED) is 0.445. The summed E-state index contributed by atoms with van der Waals surface area (Å²) in [5.74, 6) is -3.29. The van der Waals surface area contributed by atoms with Crippen LogP contribution >= 0.6 is 0 Å². The first kappa shape index (κ1) is 12.4. The van der Waals surface area contributed by atoms with Crippen molar-refractivity contribution in [2.75, 3.05) is 6.54 Å². The minimum absolute atomic E-state index is 0.0151. The van der Waals surface area contributed by atoms with E-state index in [-0.39, 0.29) is 12.8 Å². The summed E-state index contributed by atoms with van der Waals surface area (Å²) in [5.41, 5.74) is 3.23. The minimum atomic E-state index is -1.40. The Hall–Kier alpha value is -1.63. The average Bonchev–Trinajstić information content (AvgIpc) is 2.10. The average molecular weight is 203 g/mol. The van der Waals surface area contributed by atoms with E-state index in [0.717, 1.165) is 0 Å². The Kier molecular flexibility index (Phi) is 5.23. The van der Waals surface area contributed by atoms with Crippen molar-refractivity contribution < 1.29 is 30.3 Å². The van der Waals surface area contributed by atoms with E-state index >= 15 is 0 Å². The molecule has 80 valence electrons. The number of hydrogen-bond donors (Lipinski definition) is 2. The van der Waals surface area contributed by atoms with Crippen LogP contribution < -0.4 is 21.3 Å². The van der Waals surface area contributed by atoms with Crippen molar-refractivity contribution in [2.24, 2.45) is 0 Å². The van der Waals surface area contributed by atoms with Crippen molar-refractivity contribution in [3.63, 3.8) is 0 Å². The van der Waals surface area contributed by atoms with E-state index in [0.29, 0.717) is 0 Å². The van der Waals surface area contributed by atoms with Crippen LogP contribution in [0.15, 0.2) is 0 Å². The van der Waals surface area contributed by atoms with Gasteiger partial charge >= 0.3 is 0 Å². The maximum absolute atomic E-state index is 10.8. The van der Waals surface area contributed by atoms with Gasteiger partial charge < -0.3 is 30.9 Å². The number of carboxylic acid groups (broad SMARTS) is 2. The molecule has 7 heteroatoms. The lowest BCUT2D eigenvalue weighted by molar-refractivity contribution is -0.438. The van der Waals surface area contributed by atoms with E-state index in [1.807, 2.05) is 5.32 Å². The molecule has 0 saturated heterocycles. The summed E-state index contributed by atoms with van der Waals surface area (Å²) < 4.78 is 0. The Bertz CT molecular complexity index is 240. The molecule has 0 radical (unpaired) electrons. The molecule has 7 nitrogen and oxygen atoms in total. The van der Waals surface area contributed by atoms with E-state index in [1.165, 1.54) is 0 Å². The maximum Gasteiger partial charge on any atom is 0.220 e. The zero-order chi connectivity index (χ0) is 11.1. The van der Waals surface area contributed by atoms with Gasteiger partial charge in [0, 0.05) is 12.8 Å². The van der Waals surface area contributed by atoms with Crippen molar-refractivity contribution in [2.45, 2.75) is 18.9 Å². The highest BCUT2D eigenvalue weighted by atomic mass is 16.4. The SMILES string of the molecule is [NH3+][C@@H](CCC(=O)NCC(=O)[O-])C(=O)[O-]. The smallest absolute Gasteiger partial charge is 0.220 e. The molecule has 1 amide bonds. The van der Waals surface area contributed by atoms with Crippen LogP contribution in [0.1, 0.15) is 12.8 Å². The molecular formula is C7H11N2O5-. The van der Waals surface area contributed by atoms with Crippen LogP contribution in [0.25, 0.3) is 0 Å². The van der Waals surface area contributed by atoms with Gasteiger partial charge in [-0.2, -0.15) is 0 Å². The first-order valence-electron chi connectivity index (χ1n) is 3.94. The number of hydrogen-bond acceptors (Lipinski definition) is 5. The van der Waals surface area contributed by atoms with Crippen LogP contribution in [0, 0.1) is 0 Å². The third-order valence-electron chi connectivity index (χ3n) is 1.48. The number of nitrogens with one attached hydrogen (secondary N) is 1.